The molecule has 1 fully saturated rings. The van der Waals surface area contributed by atoms with Gasteiger partial charge in [0, 0.05) is 4.88 Å². The van der Waals surface area contributed by atoms with Crippen LogP contribution in [0.1, 0.15) is 47.1 Å². The fourth-order valence-electron chi connectivity index (χ4n) is 2.93. The second-order valence-corrected chi connectivity index (χ2v) is 6.34. The van der Waals surface area contributed by atoms with E-state index in [1.54, 1.807) is 17.4 Å². The first-order chi connectivity index (χ1) is 10.2. The second-order valence-electron chi connectivity index (χ2n) is 5.36. The predicted octanol–water partition coefficient (Wildman–Crippen LogP) is 3.94. The quantitative estimate of drug-likeness (QED) is 0.869. The molecule has 0 radical (unpaired) electrons. The largest absolute Gasteiger partial charge is 0.343 e. The maximum Gasteiger partial charge on any atom is 0.270 e. The lowest BCUT2D eigenvalue weighted by molar-refractivity contribution is 0.0916. The van der Waals surface area contributed by atoms with Crippen molar-refractivity contribution in [1.82, 2.24) is 10.3 Å². The van der Waals surface area contributed by atoms with E-state index in [0.29, 0.717) is 5.92 Å². The van der Waals surface area contributed by atoms with E-state index >= 15 is 0 Å². The van der Waals surface area contributed by atoms with Crippen molar-refractivity contribution in [3.8, 4) is 0 Å². The van der Waals surface area contributed by atoms with E-state index < -0.39 is 5.95 Å². The summed E-state index contributed by atoms with van der Waals surface area (Å²) in [6.45, 7) is 0. The minimum absolute atomic E-state index is 0.00469. The first kappa shape index (κ1) is 14.2. The van der Waals surface area contributed by atoms with Gasteiger partial charge in [-0.3, -0.25) is 4.79 Å². The third-order valence-electron chi connectivity index (χ3n) is 3.96. The molecule has 0 aromatic carbocycles. The van der Waals surface area contributed by atoms with Crippen molar-refractivity contribution in [3.63, 3.8) is 0 Å². The number of thiophene rings is 1. The molecule has 1 unspecified atom stereocenters. The van der Waals surface area contributed by atoms with Gasteiger partial charge >= 0.3 is 0 Å². The Labute approximate surface area is 127 Å². The molecule has 1 aliphatic rings. The van der Waals surface area contributed by atoms with Gasteiger partial charge < -0.3 is 5.32 Å². The molecule has 2 aromatic heterocycles. The van der Waals surface area contributed by atoms with Crippen molar-refractivity contribution in [1.29, 1.82) is 0 Å². The number of nitrogens with zero attached hydrogens (tertiary/aromatic N) is 1. The number of carbonyl (C=O) groups excluding carboxylic acids is 1. The van der Waals surface area contributed by atoms with Crippen LogP contribution in [-0.2, 0) is 0 Å². The van der Waals surface area contributed by atoms with Crippen molar-refractivity contribution >= 4 is 17.2 Å². The fourth-order valence-corrected chi connectivity index (χ4v) is 3.80. The monoisotopic (exact) mass is 304 g/mol. The van der Waals surface area contributed by atoms with Gasteiger partial charge in [0.15, 0.2) is 0 Å². The summed E-state index contributed by atoms with van der Waals surface area (Å²) in [5.74, 6) is -0.475. The van der Waals surface area contributed by atoms with E-state index in [0.717, 1.165) is 17.7 Å². The molecule has 1 aliphatic carbocycles. The van der Waals surface area contributed by atoms with Crippen LogP contribution < -0.4 is 5.32 Å². The van der Waals surface area contributed by atoms with Crippen molar-refractivity contribution < 1.29 is 9.18 Å². The van der Waals surface area contributed by atoms with Crippen molar-refractivity contribution in [2.45, 2.75) is 31.7 Å². The van der Waals surface area contributed by atoms with E-state index in [1.807, 2.05) is 17.5 Å². The summed E-state index contributed by atoms with van der Waals surface area (Å²) in [4.78, 5) is 17.1. The highest BCUT2D eigenvalue weighted by molar-refractivity contribution is 7.10. The SMILES string of the molecule is O=C(NC(c1cccs1)C1CCCC1)c1cccc(F)n1. The number of rotatable bonds is 4. The lowest BCUT2D eigenvalue weighted by Crippen LogP contribution is -2.32. The Hall–Kier alpha value is -1.75. The van der Waals surface area contributed by atoms with Crippen LogP contribution in [0.3, 0.4) is 0 Å². The Morgan fingerprint density at radius 1 is 1.29 bits per heavy atom. The molecule has 1 amide bonds. The van der Waals surface area contributed by atoms with Gasteiger partial charge in [-0.25, -0.2) is 4.98 Å². The number of amides is 1. The van der Waals surface area contributed by atoms with Crippen LogP contribution in [0.4, 0.5) is 4.39 Å². The van der Waals surface area contributed by atoms with Crippen LogP contribution in [0, 0.1) is 11.9 Å². The molecule has 2 aromatic rings. The normalized spacial score (nSPS) is 16.8. The number of hydrogen-bond acceptors (Lipinski definition) is 3. The standard InChI is InChI=1S/C16H17FN2OS/c17-14-9-3-7-12(18-14)16(20)19-15(11-5-1-2-6-11)13-8-4-10-21-13/h3-4,7-11,15H,1-2,5-6H2,(H,19,20). The molecule has 3 rings (SSSR count). The third-order valence-corrected chi connectivity index (χ3v) is 4.91. The van der Waals surface area contributed by atoms with Crippen LogP contribution in [0.5, 0.6) is 0 Å². The summed E-state index contributed by atoms with van der Waals surface area (Å²) in [6, 6.07) is 8.34. The smallest absolute Gasteiger partial charge is 0.270 e. The molecule has 1 saturated carbocycles. The molecular weight excluding hydrogens is 287 g/mol. The van der Waals surface area contributed by atoms with Gasteiger partial charge in [0.1, 0.15) is 5.69 Å². The number of aromatic nitrogens is 1. The Morgan fingerprint density at radius 2 is 2.10 bits per heavy atom. The summed E-state index contributed by atoms with van der Waals surface area (Å²) in [5, 5.41) is 5.06. The Balaban J connectivity index is 1.79. The Kier molecular flexibility index (Phi) is 4.29. The van der Waals surface area contributed by atoms with Crippen LogP contribution in [0.25, 0.3) is 0 Å². The second kappa shape index (κ2) is 6.35. The number of pyridine rings is 1. The number of hydrogen-bond donors (Lipinski definition) is 1. The van der Waals surface area contributed by atoms with Gasteiger partial charge in [0.25, 0.3) is 5.91 Å². The molecule has 0 spiro atoms. The van der Waals surface area contributed by atoms with Gasteiger partial charge in [0.2, 0.25) is 5.95 Å². The fraction of sp³-hybridized carbons (Fsp3) is 0.375. The van der Waals surface area contributed by atoms with Crippen LogP contribution in [0.2, 0.25) is 0 Å². The Bertz CT molecular complexity index is 608. The minimum atomic E-state index is -0.629. The lowest BCUT2D eigenvalue weighted by Gasteiger charge is -2.23. The Morgan fingerprint density at radius 3 is 2.76 bits per heavy atom. The summed E-state index contributed by atoms with van der Waals surface area (Å²) in [7, 11) is 0. The summed E-state index contributed by atoms with van der Waals surface area (Å²) in [5.41, 5.74) is 0.134. The maximum atomic E-state index is 13.2. The molecule has 1 N–H and O–H groups in total. The zero-order valence-corrected chi connectivity index (χ0v) is 12.4. The zero-order chi connectivity index (χ0) is 14.7. The predicted molar refractivity (Wildman–Crippen MR) is 80.7 cm³/mol. The summed E-state index contributed by atoms with van der Waals surface area (Å²) < 4.78 is 13.2. The first-order valence-electron chi connectivity index (χ1n) is 7.21. The average molecular weight is 304 g/mol. The molecule has 21 heavy (non-hydrogen) atoms. The van der Waals surface area contributed by atoms with Crippen molar-refractivity contribution in [2.75, 3.05) is 0 Å². The average Bonchev–Trinajstić information content (AvgIpc) is 3.18. The van der Waals surface area contributed by atoms with Crippen LogP contribution in [0.15, 0.2) is 35.7 Å². The third kappa shape index (κ3) is 3.29. The number of carbonyl (C=O) groups is 1. The van der Waals surface area contributed by atoms with E-state index in [4.69, 9.17) is 0 Å². The van der Waals surface area contributed by atoms with Gasteiger partial charge in [-0.15, -0.1) is 11.3 Å². The van der Waals surface area contributed by atoms with Gasteiger partial charge in [-0.2, -0.15) is 4.39 Å². The molecule has 1 atom stereocenters. The van der Waals surface area contributed by atoms with Crippen LogP contribution >= 0.6 is 11.3 Å². The molecule has 0 saturated heterocycles. The zero-order valence-electron chi connectivity index (χ0n) is 11.6. The van der Waals surface area contributed by atoms with E-state index in [1.165, 1.54) is 25.0 Å². The van der Waals surface area contributed by atoms with Crippen LogP contribution in [-0.4, -0.2) is 10.9 Å². The topological polar surface area (TPSA) is 42.0 Å². The molecule has 3 nitrogen and oxygen atoms in total. The van der Waals surface area contributed by atoms with Gasteiger partial charge in [0.05, 0.1) is 6.04 Å². The highest BCUT2D eigenvalue weighted by atomic mass is 32.1. The van der Waals surface area contributed by atoms with Crippen molar-refractivity contribution in [2.24, 2.45) is 5.92 Å². The molecule has 5 heteroatoms. The number of nitrogens with one attached hydrogen (secondary N) is 1. The van der Waals surface area contributed by atoms with E-state index in [-0.39, 0.29) is 17.6 Å². The molecule has 0 bridgehead atoms. The highest BCUT2D eigenvalue weighted by Gasteiger charge is 2.29. The molecular formula is C16H17FN2OS. The first-order valence-corrected chi connectivity index (χ1v) is 8.09. The van der Waals surface area contributed by atoms with Gasteiger partial charge in [-0.1, -0.05) is 25.0 Å². The number of halogens is 1. The minimum Gasteiger partial charge on any atom is -0.343 e. The lowest BCUT2D eigenvalue weighted by atomic mass is 9.96. The van der Waals surface area contributed by atoms with Crippen molar-refractivity contribution in [3.05, 3.63) is 52.2 Å². The maximum absolute atomic E-state index is 13.2. The molecule has 0 aliphatic heterocycles. The summed E-state index contributed by atoms with van der Waals surface area (Å²) in [6.07, 6.45) is 4.67. The highest BCUT2D eigenvalue weighted by Crippen LogP contribution is 2.37. The molecule has 110 valence electrons. The van der Waals surface area contributed by atoms with E-state index in [2.05, 4.69) is 10.3 Å². The van der Waals surface area contributed by atoms with E-state index in [9.17, 15) is 9.18 Å². The summed E-state index contributed by atoms with van der Waals surface area (Å²) >= 11 is 1.65. The van der Waals surface area contributed by atoms with Gasteiger partial charge in [-0.05, 0) is 42.3 Å². The molecule has 2 heterocycles.